The second kappa shape index (κ2) is 11.4. The summed E-state index contributed by atoms with van der Waals surface area (Å²) in [5, 5.41) is 2.25. The van der Waals surface area contributed by atoms with E-state index in [9.17, 15) is 48.3 Å². The number of rotatable bonds is 7. The number of pyridine rings is 1. The summed E-state index contributed by atoms with van der Waals surface area (Å²) in [5.41, 5.74) is -0.654. The van der Waals surface area contributed by atoms with Crippen LogP contribution < -0.4 is 10.1 Å². The van der Waals surface area contributed by atoms with Gasteiger partial charge in [-0.05, 0) is 37.3 Å². The van der Waals surface area contributed by atoms with Gasteiger partial charge in [-0.25, -0.2) is 27.2 Å². The minimum Gasteiger partial charge on any atom is -0.404 e. The predicted molar refractivity (Wildman–Crippen MR) is 127 cm³/mol. The van der Waals surface area contributed by atoms with E-state index >= 15 is 0 Å². The van der Waals surface area contributed by atoms with Crippen molar-refractivity contribution in [3.05, 3.63) is 66.1 Å². The molecule has 0 saturated carbocycles. The number of halogens is 8. The number of ether oxygens (including phenoxy) is 1. The Morgan fingerprint density at radius 2 is 1.67 bits per heavy atom. The normalized spacial score (nSPS) is 20.0. The zero-order chi connectivity index (χ0) is 31.0. The van der Waals surface area contributed by atoms with E-state index in [1.165, 1.54) is 6.92 Å². The van der Waals surface area contributed by atoms with Crippen molar-refractivity contribution in [3.63, 3.8) is 0 Å². The molecule has 0 unspecified atom stereocenters. The van der Waals surface area contributed by atoms with E-state index < -0.39 is 82.0 Å². The van der Waals surface area contributed by atoms with Crippen molar-refractivity contribution in [3.8, 4) is 17.0 Å². The van der Waals surface area contributed by atoms with Gasteiger partial charge in [-0.2, -0.15) is 17.5 Å². The Kier molecular flexibility index (Phi) is 8.41. The molecule has 18 heteroatoms. The summed E-state index contributed by atoms with van der Waals surface area (Å²) in [5.74, 6) is -4.15. The van der Waals surface area contributed by atoms with Crippen LogP contribution in [0.3, 0.4) is 0 Å². The van der Waals surface area contributed by atoms with E-state index in [-0.39, 0.29) is 16.8 Å². The molecule has 1 aliphatic heterocycles. The second-order valence-corrected chi connectivity index (χ2v) is 10.9. The lowest BCUT2D eigenvalue weighted by Gasteiger charge is -2.27. The van der Waals surface area contributed by atoms with Gasteiger partial charge in [-0.1, -0.05) is 0 Å². The standard InChI is InChI=1S/C24H19F8N5O4S/c1-12-17(26)7-19(37(12)42(39,40)16-4-2-15(25)3-5-16)21(38)34-8-13-6-18(33-11-20(13)41-24(30,31)32)14-9-35-22(36-10-14)23(27,28)29/h2-6,9-12,17,19H,7-8H2,1H3,(H,34,38)/t12-,17+,19-/m0/s1. The van der Waals surface area contributed by atoms with Gasteiger partial charge in [0.25, 0.3) is 0 Å². The highest BCUT2D eigenvalue weighted by Gasteiger charge is 2.49. The molecule has 3 atom stereocenters. The minimum atomic E-state index is -5.19. The smallest absolute Gasteiger partial charge is 0.404 e. The van der Waals surface area contributed by atoms with E-state index in [0.717, 1.165) is 42.7 Å². The van der Waals surface area contributed by atoms with Crippen molar-refractivity contribution >= 4 is 15.9 Å². The van der Waals surface area contributed by atoms with Crippen molar-refractivity contribution in [1.82, 2.24) is 24.6 Å². The number of aromatic nitrogens is 3. The van der Waals surface area contributed by atoms with Crippen molar-refractivity contribution in [2.24, 2.45) is 0 Å². The molecule has 1 fully saturated rings. The highest BCUT2D eigenvalue weighted by Crippen LogP contribution is 2.34. The van der Waals surface area contributed by atoms with Crippen LogP contribution in [0.15, 0.2) is 53.8 Å². The molecule has 4 rings (SSSR count). The molecule has 0 spiro atoms. The monoisotopic (exact) mass is 625 g/mol. The Bertz CT molecular complexity index is 1550. The average molecular weight is 625 g/mol. The first-order valence-electron chi connectivity index (χ1n) is 11.8. The number of hydrogen-bond donors (Lipinski definition) is 1. The third-order valence-electron chi connectivity index (χ3n) is 6.20. The Morgan fingerprint density at radius 1 is 1.05 bits per heavy atom. The largest absolute Gasteiger partial charge is 0.573 e. The number of alkyl halides is 7. The lowest BCUT2D eigenvalue weighted by Crippen LogP contribution is -2.48. The number of benzene rings is 1. The van der Waals surface area contributed by atoms with Gasteiger partial charge in [0.2, 0.25) is 21.8 Å². The van der Waals surface area contributed by atoms with E-state index in [1.807, 2.05) is 0 Å². The third kappa shape index (κ3) is 6.75. The molecule has 0 bridgehead atoms. The lowest BCUT2D eigenvalue weighted by molar-refractivity contribution is -0.275. The van der Waals surface area contributed by atoms with Crippen molar-refractivity contribution in [2.45, 2.75) is 55.6 Å². The van der Waals surface area contributed by atoms with E-state index in [1.54, 1.807) is 0 Å². The summed E-state index contributed by atoms with van der Waals surface area (Å²) in [6.45, 7) is 0.503. The van der Waals surface area contributed by atoms with Gasteiger partial charge >= 0.3 is 12.5 Å². The zero-order valence-electron chi connectivity index (χ0n) is 21.1. The molecule has 226 valence electrons. The average Bonchev–Trinajstić information content (AvgIpc) is 3.21. The van der Waals surface area contributed by atoms with Gasteiger partial charge in [0, 0.05) is 36.5 Å². The van der Waals surface area contributed by atoms with Gasteiger partial charge in [0.05, 0.1) is 22.8 Å². The fourth-order valence-corrected chi connectivity index (χ4v) is 6.01. The molecule has 1 aromatic carbocycles. The number of sulfonamides is 1. The Morgan fingerprint density at radius 3 is 2.24 bits per heavy atom. The Labute approximate surface area is 232 Å². The van der Waals surface area contributed by atoms with E-state index in [4.69, 9.17) is 0 Å². The van der Waals surface area contributed by atoms with Crippen LogP contribution in [0.25, 0.3) is 11.3 Å². The van der Waals surface area contributed by atoms with Crippen LogP contribution in [0.5, 0.6) is 5.75 Å². The van der Waals surface area contributed by atoms with Crippen LogP contribution in [0, 0.1) is 5.82 Å². The number of nitrogens with one attached hydrogen (secondary N) is 1. The first-order chi connectivity index (χ1) is 19.5. The van der Waals surface area contributed by atoms with Crippen LogP contribution in [0.4, 0.5) is 35.1 Å². The quantitative estimate of drug-likeness (QED) is 0.387. The van der Waals surface area contributed by atoms with Crippen molar-refractivity contribution in [2.75, 3.05) is 0 Å². The fourth-order valence-electron chi connectivity index (χ4n) is 4.20. The summed E-state index contributed by atoms with van der Waals surface area (Å²) in [4.78, 5) is 22.7. The number of nitrogens with zero attached hydrogens (tertiary/aromatic N) is 4. The molecule has 1 N–H and O–H groups in total. The van der Waals surface area contributed by atoms with Gasteiger partial charge < -0.3 is 10.1 Å². The summed E-state index contributed by atoms with van der Waals surface area (Å²) in [7, 11) is -4.52. The van der Waals surface area contributed by atoms with E-state index in [2.05, 4.69) is 25.0 Å². The molecule has 3 heterocycles. The van der Waals surface area contributed by atoms with Crippen LogP contribution >= 0.6 is 0 Å². The Balaban J connectivity index is 1.61. The second-order valence-electron chi connectivity index (χ2n) is 9.03. The van der Waals surface area contributed by atoms with Gasteiger partial charge in [-0.15, -0.1) is 13.2 Å². The molecule has 42 heavy (non-hydrogen) atoms. The molecule has 1 saturated heterocycles. The van der Waals surface area contributed by atoms with Crippen molar-refractivity contribution in [1.29, 1.82) is 0 Å². The summed E-state index contributed by atoms with van der Waals surface area (Å²) in [6.07, 6.45) is -10.3. The van der Waals surface area contributed by atoms with Crippen LogP contribution in [0.1, 0.15) is 24.7 Å². The lowest BCUT2D eigenvalue weighted by atomic mass is 10.1. The predicted octanol–water partition coefficient (Wildman–Crippen LogP) is 4.40. The molecular weight excluding hydrogens is 606 g/mol. The van der Waals surface area contributed by atoms with Crippen LogP contribution in [-0.4, -0.2) is 58.2 Å². The fraction of sp³-hybridized carbons (Fsp3) is 0.333. The molecule has 1 aliphatic rings. The van der Waals surface area contributed by atoms with E-state index in [0.29, 0.717) is 10.5 Å². The molecule has 0 aliphatic carbocycles. The minimum absolute atomic E-state index is 0.115. The van der Waals surface area contributed by atoms with Gasteiger partial charge in [0.15, 0.2) is 5.75 Å². The molecular formula is C24H19F8N5O4S. The SMILES string of the molecule is C[C@H]1[C@H](F)C[C@@H](C(=O)NCc2cc(-c3cnc(C(F)(F)F)nc3)ncc2OC(F)(F)F)N1S(=O)(=O)c1ccc(F)cc1. The molecule has 9 nitrogen and oxygen atoms in total. The summed E-state index contributed by atoms with van der Waals surface area (Å²) >= 11 is 0. The summed E-state index contributed by atoms with van der Waals surface area (Å²) in [6, 6.07) is 1.62. The van der Waals surface area contributed by atoms with Crippen molar-refractivity contribution < 1.29 is 53.1 Å². The van der Waals surface area contributed by atoms with Crippen LogP contribution in [-0.2, 0) is 27.5 Å². The number of carbonyl (C=O) groups excluding carboxylic acids is 1. The first-order valence-corrected chi connectivity index (χ1v) is 13.3. The third-order valence-corrected chi connectivity index (χ3v) is 8.21. The number of carbonyl (C=O) groups is 1. The van der Waals surface area contributed by atoms with Crippen LogP contribution in [0.2, 0.25) is 0 Å². The van der Waals surface area contributed by atoms with Gasteiger partial charge in [0.1, 0.15) is 18.0 Å². The maximum absolute atomic E-state index is 14.7. The maximum Gasteiger partial charge on any atom is 0.573 e. The topological polar surface area (TPSA) is 114 Å². The molecule has 3 aromatic rings. The highest BCUT2D eigenvalue weighted by atomic mass is 32.2. The summed E-state index contributed by atoms with van der Waals surface area (Å²) < 4.78 is 136. The number of hydrogen-bond acceptors (Lipinski definition) is 7. The molecule has 2 aromatic heterocycles. The Hall–Kier alpha value is -3.93. The first kappa shape index (κ1) is 31.0. The zero-order valence-corrected chi connectivity index (χ0v) is 21.9. The maximum atomic E-state index is 14.7. The number of amides is 1. The highest BCUT2D eigenvalue weighted by molar-refractivity contribution is 7.89. The van der Waals surface area contributed by atoms with Gasteiger partial charge in [-0.3, -0.25) is 9.78 Å². The molecule has 1 amide bonds. The molecule has 0 radical (unpaired) electrons.